The van der Waals surface area contributed by atoms with Gasteiger partial charge in [0.25, 0.3) is 5.91 Å². The molecule has 0 unspecified atom stereocenters. The molecule has 1 heterocycles. The molecule has 2 amide bonds. The molecule has 0 aliphatic carbocycles. The van der Waals surface area contributed by atoms with E-state index in [2.05, 4.69) is 24.4 Å². The summed E-state index contributed by atoms with van der Waals surface area (Å²) in [6, 6.07) is 25.6. The second-order valence-corrected chi connectivity index (χ2v) is 9.38. The van der Waals surface area contributed by atoms with E-state index < -0.39 is 0 Å². The maximum atomic E-state index is 12.9. The zero-order chi connectivity index (χ0) is 23.9. The molecule has 0 bridgehead atoms. The molecule has 2 atom stereocenters. The van der Waals surface area contributed by atoms with Crippen LogP contribution in [0.1, 0.15) is 51.8 Å². The lowest BCUT2D eigenvalue weighted by atomic mass is 10.0. The number of amides is 2. The van der Waals surface area contributed by atoms with Gasteiger partial charge >= 0.3 is 0 Å². The number of methoxy groups -OCH3 is 1. The van der Waals surface area contributed by atoms with Crippen LogP contribution in [0.25, 0.3) is 0 Å². The second-order valence-electron chi connectivity index (χ2n) is 8.32. The van der Waals surface area contributed by atoms with Gasteiger partial charge in [-0.15, -0.1) is 11.8 Å². The third kappa shape index (κ3) is 5.62. The number of ether oxygens (including phenoxy) is 1. The highest BCUT2D eigenvalue weighted by atomic mass is 32.2. The molecule has 1 saturated heterocycles. The Morgan fingerprint density at radius 1 is 1.06 bits per heavy atom. The summed E-state index contributed by atoms with van der Waals surface area (Å²) in [5, 5.41) is 3.11. The number of hydrogen-bond acceptors (Lipinski definition) is 4. The van der Waals surface area contributed by atoms with Gasteiger partial charge in [-0.3, -0.25) is 9.59 Å². The molecular weight excluding hydrogens is 444 g/mol. The Hall–Kier alpha value is -3.25. The summed E-state index contributed by atoms with van der Waals surface area (Å²) >= 11 is 1.64. The predicted molar refractivity (Wildman–Crippen MR) is 137 cm³/mol. The maximum Gasteiger partial charge on any atom is 0.251 e. The third-order valence-corrected chi connectivity index (χ3v) is 7.40. The van der Waals surface area contributed by atoms with Crippen LogP contribution in [0.2, 0.25) is 0 Å². The number of hydrogen-bond donors (Lipinski definition) is 1. The van der Waals surface area contributed by atoms with Crippen molar-refractivity contribution in [3.63, 3.8) is 0 Å². The molecule has 34 heavy (non-hydrogen) atoms. The minimum Gasteiger partial charge on any atom is -0.497 e. The molecule has 5 nitrogen and oxygen atoms in total. The average molecular weight is 475 g/mol. The first kappa shape index (κ1) is 23.9. The summed E-state index contributed by atoms with van der Waals surface area (Å²) in [7, 11) is 1.64. The van der Waals surface area contributed by atoms with Crippen molar-refractivity contribution in [2.75, 3.05) is 19.4 Å². The van der Waals surface area contributed by atoms with Crippen LogP contribution < -0.4 is 10.1 Å². The van der Waals surface area contributed by atoms with E-state index >= 15 is 0 Å². The molecule has 3 aromatic carbocycles. The Morgan fingerprint density at radius 3 is 2.41 bits per heavy atom. The van der Waals surface area contributed by atoms with E-state index in [0.717, 1.165) is 29.7 Å². The first-order chi connectivity index (χ1) is 16.6. The van der Waals surface area contributed by atoms with Gasteiger partial charge in [-0.2, -0.15) is 0 Å². The van der Waals surface area contributed by atoms with Crippen molar-refractivity contribution in [3.8, 4) is 5.75 Å². The number of thioether (sulfide) groups is 1. The average Bonchev–Trinajstić information content (AvgIpc) is 3.26. The van der Waals surface area contributed by atoms with Crippen molar-refractivity contribution in [2.45, 2.75) is 31.2 Å². The fraction of sp³-hybridized carbons (Fsp3) is 0.286. The van der Waals surface area contributed by atoms with Gasteiger partial charge in [0, 0.05) is 12.1 Å². The lowest BCUT2D eigenvalue weighted by Crippen LogP contribution is -2.30. The fourth-order valence-corrected chi connectivity index (χ4v) is 5.38. The molecule has 0 radical (unpaired) electrons. The Bertz CT molecular complexity index is 1100. The van der Waals surface area contributed by atoms with Gasteiger partial charge in [0.1, 0.15) is 11.1 Å². The SMILES string of the molecule is CC[C@@H](NC(=O)c1ccc([C@@H]2SCC(=O)N2CCc2ccccc2)cc1)c1ccc(OC)cc1. The van der Waals surface area contributed by atoms with Crippen molar-refractivity contribution in [3.05, 3.63) is 101 Å². The van der Waals surface area contributed by atoms with Crippen LogP contribution in [-0.4, -0.2) is 36.1 Å². The quantitative estimate of drug-likeness (QED) is 0.452. The molecule has 1 aliphatic heterocycles. The van der Waals surface area contributed by atoms with Gasteiger partial charge in [0.05, 0.1) is 18.9 Å². The van der Waals surface area contributed by atoms with Crippen molar-refractivity contribution >= 4 is 23.6 Å². The number of nitrogens with one attached hydrogen (secondary N) is 1. The van der Waals surface area contributed by atoms with E-state index in [1.54, 1.807) is 18.9 Å². The van der Waals surface area contributed by atoms with Gasteiger partial charge < -0.3 is 15.0 Å². The van der Waals surface area contributed by atoms with E-state index in [0.29, 0.717) is 17.9 Å². The molecule has 0 spiro atoms. The van der Waals surface area contributed by atoms with Crippen molar-refractivity contribution in [1.29, 1.82) is 0 Å². The van der Waals surface area contributed by atoms with E-state index in [-0.39, 0.29) is 23.2 Å². The number of carbonyl (C=O) groups is 2. The Labute approximate surface area is 205 Å². The highest BCUT2D eigenvalue weighted by molar-refractivity contribution is 8.00. The first-order valence-corrected chi connectivity index (χ1v) is 12.6. The standard InChI is InChI=1S/C28H30N2O3S/c1-3-25(21-13-15-24(33-2)16-14-21)29-27(32)22-9-11-23(12-10-22)28-30(26(31)19-34-28)18-17-20-7-5-4-6-8-20/h4-16,25,28H,3,17-19H2,1-2H3,(H,29,32)/t25-,28+/m1/s1. The van der Waals surface area contributed by atoms with Gasteiger partial charge in [-0.1, -0.05) is 61.5 Å². The maximum absolute atomic E-state index is 12.9. The minimum atomic E-state index is -0.106. The Morgan fingerprint density at radius 2 is 1.76 bits per heavy atom. The highest BCUT2D eigenvalue weighted by Crippen LogP contribution is 2.38. The summed E-state index contributed by atoms with van der Waals surface area (Å²) in [4.78, 5) is 27.4. The Balaban J connectivity index is 1.40. The Kier molecular flexibility index (Phi) is 7.91. The lowest BCUT2D eigenvalue weighted by Gasteiger charge is -2.24. The molecule has 176 valence electrons. The van der Waals surface area contributed by atoms with Crippen molar-refractivity contribution < 1.29 is 14.3 Å². The summed E-state index contributed by atoms with van der Waals surface area (Å²) in [6.45, 7) is 2.74. The van der Waals surface area contributed by atoms with E-state index in [1.807, 2.05) is 71.6 Å². The molecule has 1 fully saturated rings. The molecule has 4 rings (SSSR count). The normalized spacial score (nSPS) is 16.4. The third-order valence-electron chi connectivity index (χ3n) is 6.14. The van der Waals surface area contributed by atoms with Gasteiger partial charge in [0.2, 0.25) is 5.91 Å². The molecule has 1 N–H and O–H groups in total. The summed E-state index contributed by atoms with van der Waals surface area (Å²) in [6.07, 6.45) is 1.61. The molecule has 1 aliphatic rings. The number of benzene rings is 3. The lowest BCUT2D eigenvalue weighted by molar-refractivity contribution is -0.128. The van der Waals surface area contributed by atoms with Crippen LogP contribution in [0.15, 0.2) is 78.9 Å². The second kappa shape index (κ2) is 11.3. The summed E-state index contributed by atoms with van der Waals surface area (Å²) < 4.78 is 5.22. The highest BCUT2D eigenvalue weighted by Gasteiger charge is 2.32. The molecule has 6 heteroatoms. The monoisotopic (exact) mass is 474 g/mol. The molecular formula is C28H30N2O3S. The minimum absolute atomic E-state index is 0.0176. The van der Waals surface area contributed by atoms with Crippen LogP contribution in [-0.2, 0) is 11.2 Å². The zero-order valence-electron chi connectivity index (χ0n) is 19.6. The fourth-order valence-electron chi connectivity index (χ4n) is 4.16. The zero-order valence-corrected chi connectivity index (χ0v) is 20.4. The molecule has 0 saturated carbocycles. The number of nitrogens with zero attached hydrogens (tertiary/aromatic N) is 1. The van der Waals surface area contributed by atoms with Gasteiger partial charge in [-0.05, 0) is 53.8 Å². The van der Waals surface area contributed by atoms with Crippen LogP contribution in [0, 0.1) is 0 Å². The van der Waals surface area contributed by atoms with Crippen molar-refractivity contribution in [1.82, 2.24) is 10.2 Å². The van der Waals surface area contributed by atoms with E-state index in [1.165, 1.54) is 5.56 Å². The van der Waals surface area contributed by atoms with E-state index in [4.69, 9.17) is 4.74 Å². The number of carbonyl (C=O) groups excluding carboxylic acids is 2. The summed E-state index contributed by atoms with van der Waals surface area (Å²) in [5.74, 6) is 1.34. The molecule has 0 aromatic heterocycles. The number of rotatable bonds is 9. The largest absolute Gasteiger partial charge is 0.497 e. The van der Waals surface area contributed by atoms with E-state index in [9.17, 15) is 9.59 Å². The summed E-state index contributed by atoms with van der Waals surface area (Å²) in [5.41, 5.74) is 3.92. The smallest absolute Gasteiger partial charge is 0.251 e. The molecule has 3 aromatic rings. The van der Waals surface area contributed by atoms with Gasteiger partial charge in [0.15, 0.2) is 0 Å². The van der Waals surface area contributed by atoms with Crippen LogP contribution in [0.4, 0.5) is 0 Å². The van der Waals surface area contributed by atoms with Crippen LogP contribution >= 0.6 is 11.8 Å². The predicted octanol–water partition coefficient (Wildman–Crippen LogP) is 5.39. The first-order valence-electron chi connectivity index (χ1n) is 11.6. The van der Waals surface area contributed by atoms with Crippen molar-refractivity contribution in [2.24, 2.45) is 0 Å². The topological polar surface area (TPSA) is 58.6 Å². The van der Waals surface area contributed by atoms with Crippen LogP contribution in [0.5, 0.6) is 5.75 Å². The van der Waals surface area contributed by atoms with Crippen LogP contribution in [0.3, 0.4) is 0 Å². The van der Waals surface area contributed by atoms with Gasteiger partial charge in [-0.25, -0.2) is 0 Å².